The Hall–Kier alpha value is -8.65. The highest BCUT2D eigenvalue weighted by Crippen LogP contribution is 2.41. The molecule has 2 aromatic heterocycles. The van der Waals surface area contributed by atoms with E-state index >= 15 is 4.39 Å². The first kappa shape index (κ1) is 64.2. The summed E-state index contributed by atoms with van der Waals surface area (Å²) < 4.78 is 31.8. The molecule has 0 radical (unpaired) electrons. The van der Waals surface area contributed by atoms with E-state index in [2.05, 4.69) is 36.9 Å². The van der Waals surface area contributed by atoms with E-state index < -0.39 is 132 Å². The molecule has 0 spiro atoms. The fourth-order valence-corrected chi connectivity index (χ4v) is 8.97. The summed E-state index contributed by atoms with van der Waals surface area (Å²) in [4.78, 5) is 141. The molecule has 1 aliphatic rings. The monoisotopic (exact) mass is 1140 g/mol. The van der Waals surface area contributed by atoms with Gasteiger partial charge in [-0.15, -0.1) is 5.06 Å². The fraction of sp³-hybridized carbons (Fsp3) is 0.446. The van der Waals surface area contributed by atoms with Crippen molar-refractivity contribution in [2.75, 3.05) is 26.2 Å². The van der Waals surface area contributed by atoms with Gasteiger partial charge in [0, 0.05) is 87.3 Å². The highest BCUT2D eigenvalue weighted by Gasteiger charge is 2.39. The molecule has 6 atom stereocenters. The van der Waals surface area contributed by atoms with E-state index in [0.717, 1.165) is 23.8 Å². The van der Waals surface area contributed by atoms with Crippen molar-refractivity contribution in [2.45, 2.75) is 129 Å². The van der Waals surface area contributed by atoms with Crippen LogP contribution >= 0.6 is 0 Å². The number of carbonyl (C=O) groups excluding carboxylic acids is 10. The van der Waals surface area contributed by atoms with Crippen LogP contribution in [-0.2, 0) is 65.7 Å². The second-order valence-electron chi connectivity index (χ2n) is 20.7. The molecular weight excluding hydrogens is 1070 g/mol. The van der Waals surface area contributed by atoms with Gasteiger partial charge in [0.1, 0.15) is 42.4 Å². The summed E-state index contributed by atoms with van der Waals surface area (Å²) in [6.07, 6.45) is 1.74. The number of hydroxylamine groups is 2. The van der Waals surface area contributed by atoms with Gasteiger partial charge in [-0.3, -0.25) is 48.1 Å². The van der Waals surface area contributed by atoms with Crippen molar-refractivity contribution in [3.63, 3.8) is 0 Å². The van der Waals surface area contributed by atoms with Crippen molar-refractivity contribution in [2.24, 2.45) is 11.1 Å². The van der Waals surface area contributed by atoms with E-state index in [-0.39, 0.29) is 75.8 Å². The van der Waals surface area contributed by atoms with Gasteiger partial charge in [0.05, 0.1) is 18.9 Å². The Balaban J connectivity index is 1.37. The maximum atomic E-state index is 15.4. The summed E-state index contributed by atoms with van der Waals surface area (Å²) in [5.74, 6) is -9.47. The Morgan fingerprint density at radius 1 is 0.805 bits per heavy atom. The number of aromatic nitrogens is 2. The van der Waals surface area contributed by atoms with Crippen LogP contribution in [0.1, 0.15) is 102 Å². The lowest BCUT2D eigenvalue weighted by atomic mass is 9.82. The summed E-state index contributed by atoms with van der Waals surface area (Å²) >= 11 is 0. The number of hydrogen-bond donors (Lipinski definition) is 9. The third-order valence-electron chi connectivity index (χ3n) is 13.1. The molecule has 0 bridgehead atoms. The van der Waals surface area contributed by atoms with Gasteiger partial charge in [0.2, 0.25) is 47.3 Å². The SMILES string of the molecule is C[C@H](NC(=O)Cc1ccncc1)C(=O)N[C@H](C)C(=O)N[C@@H](CC(N)=O)C(=O)N[C@@H](CCN(C(=O)CO)[C@@H](c1cc(-c2cc(F)ccc2F)cn1Cc1ccccc1)C(C)(C)C)C(=O)NCCNC(=O)CCCC(=O)ON1C(=O)CCC1O. The zero-order chi connectivity index (χ0) is 60.3. The van der Waals surface area contributed by atoms with Crippen LogP contribution in [0.3, 0.4) is 0 Å². The Morgan fingerprint density at radius 2 is 1.46 bits per heavy atom. The van der Waals surface area contributed by atoms with Crippen LogP contribution in [0.25, 0.3) is 11.1 Å². The average molecular weight is 1140 g/mol. The van der Waals surface area contributed by atoms with E-state index in [1.165, 1.54) is 31.1 Å². The van der Waals surface area contributed by atoms with Gasteiger partial charge in [0.25, 0.3) is 5.91 Å². The number of amides is 9. The molecular formula is C56H71F2N11O13. The number of halogens is 2. The molecule has 10 N–H and O–H groups in total. The molecule has 1 fully saturated rings. The maximum absolute atomic E-state index is 15.4. The Bertz CT molecular complexity index is 2920. The number of benzene rings is 2. The summed E-state index contributed by atoms with van der Waals surface area (Å²) in [7, 11) is 0. The first-order valence-electron chi connectivity index (χ1n) is 26.6. The van der Waals surface area contributed by atoms with Gasteiger partial charge in [-0.05, 0) is 79.6 Å². The van der Waals surface area contributed by atoms with Crippen LogP contribution < -0.4 is 37.6 Å². The van der Waals surface area contributed by atoms with E-state index in [0.29, 0.717) is 16.3 Å². The van der Waals surface area contributed by atoms with Gasteiger partial charge in [0.15, 0.2) is 6.23 Å². The van der Waals surface area contributed by atoms with Gasteiger partial charge < -0.3 is 62.2 Å². The number of aliphatic hydroxyl groups is 2. The first-order chi connectivity index (χ1) is 38.8. The third kappa shape index (κ3) is 19.3. The van der Waals surface area contributed by atoms with Crippen molar-refractivity contribution >= 4 is 59.1 Å². The number of primary amides is 1. The number of nitrogens with two attached hydrogens (primary N) is 1. The van der Waals surface area contributed by atoms with E-state index in [1.807, 2.05) is 30.3 Å². The van der Waals surface area contributed by atoms with Gasteiger partial charge in [-0.2, -0.15) is 0 Å². The lowest BCUT2D eigenvalue weighted by Gasteiger charge is -2.41. The minimum absolute atomic E-state index is 0.000929. The van der Waals surface area contributed by atoms with E-state index in [9.17, 15) is 62.5 Å². The average Bonchev–Trinajstić information content (AvgIpc) is 4.21. The van der Waals surface area contributed by atoms with Crippen molar-refractivity contribution < 1.29 is 71.8 Å². The predicted molar refractivity (Wildman–Crippen MR) is 290 cm³/mol. The third-order valence-corrected chi connectivity index (χ3v) is 13.1. The van der Waals surface area contributed by atoms with Crippen molar-refractivity contribution in [3.8, 4) is 11.1 Å². The molecule has 1 unspecified atom stereocenters. The minimum Gasteiger partial charge on any atom is -0.387 e. The van der Waals surface area contributed by atoms with Crippen LogP contribution in [0.15, 0.2) is 85.3 Å². The number of aliphatic hydroxyl groups excluding tert-OH is 2. The molecule has 442 valence electrons. The van der Waals surface area contributed by atoms with Crippen LogP contribution in [0.5, 0.6) is 0 Å². The standard InChI is InChI=1S/C56H71F2N11O13/c1-33(63-46(73)26-35-18-21-60-22-19-35)52(78)64-34(2)53(79)66-42(29-44(59)71)55(81)65-41(54(80)62-24-23-61-45(72)12-9-13-50(77)82-69-47(74)16-17-48(69)75)20-25-68(49(76)32-70)51(56(3,4)5)43-27-37(39-28-38(57)14-15-40(39)58)31-67(43)30-36-10-7-6-8-11-36/h6-8,10-11,14-15,18-19,21-22,27-28,31,33-34,41-42,47,51,70,74H,9,12-13,16-17,20,23-26,29-30,32H2,1-5H3,(H2,59,71)(H,61,72)(H,62,80)(H,63,73)(H,64,78)(H,65,81)(H,66,79)/t33-,34+,41-,42-,47?,51-/m0/s1. The maximum Gasteiger partial charge on any atom is 0.332 e. The smallest absolute Gasteiger partial charge is 0.332 e. The van der Waals surface area contributed by atoms with Crippen molar-refractivity contribution in [1.29, 1.82) is 0 Å². The van der Waals surface area contributed by atoms with Crippen LogP contribution in [-0.4, -0.2) is 145 Å². The summed E-state index contributed by atoms with van der Waals surface area (Å²) in [5.41, 5.74) is 6.67. The Morgan fingerprint density at radius 3 is 2.11 bits per heavy atom. The Kier molecular flexibility index (Phi) is 23.7. The second-order valence-corrected chi connectivity index (χ2v) is 20.7. The molecule has 82 heavy (non-hydrogen) atoms. The zero-order valence-electron chi connectivity index (χ0n) is 46.2. The second kappa shape index (κ2) is 30.2. The molecule has 24 nitrogen and oxygen atoms in total. The number of carbonyl (C=O) groups is 10. The quantitative estimate of drug-likeness (QED) is 0.0344. The highest BCUT2D eigenvalue weighted by atomic mass is 19.1. The fourth-order valence-electron chi connectivity index (χ4n) is 8.97. The van der Waals surface area contributed by atoms with E-state index in [1.54, 1.807) is 49.7 Å². The first-order valence-corrected chi connectivity index (χ1v) is 26.6. The number of nitrogens with one attached hydrogen (secondary N) is 6. The molecule has 1 aliphatic heterocycles. The molecule has 0 saturated carbocycles. The molecule has 1 saturated heterocycles. The van der Waals surface area contributed by atoms with Crippen LogP contribution in [0, 0.1) is 17.0 Å². The zero-order valence-corrected chi connectivity index (χ0v) is 46.2. The number of hydrogen-bond acceptors (Lipinski definition) is 14. The topological polar surface area (TPSA) is 343 Å². The molecule has 9 amide bonds. The lowest BCUT2D eigenvalue weighted by molar-refractivity contribution is -0.220. The lowest BCUT2D eigenvalue weighted by Crippen LogP contribution is -2.58. The number of pyridine rings is 1. The van der Waals surface area contributed by atoms with Gasteiger partial charge in [-0.1, -0.05) is 51.1 Å². The van der Waals surface area contributed by atoms with Crippen molar-refractivity contribution in [3.05, 3.63) is 114 Å². The van der Waals surface area contributed by atoms with Crippen LogP contribution in [0.2, 0.25) is 0 Å². The summed E-state index contributed by atoms with van der Waals surface area (Å²) in [5, 5.41) is 36.0. The highest BCUT2D eigenvalue weighted by molar-refractivity contribution is 5.97. The van der Waals surface area contributed by atoms with Crippen LogP contribution in [0.4, 0.5) is 8.78 Å². The largest absolute Gasteiger partial charge is 0.387 e. The van der Waals surface area contributed by atoms with Crippen molar-refractivity contribution in [1.82, 2.24) is 51.4 Å². The minimum atomic E-state index is -1.75. The summed E-state index contributed by atoms with van der Waals surface area (Å²) in [6.45, 7) is 6.42. The molecule has 0 aliphatic carbocycles. The predicted octanol–water partition coefficient (Wildman–Crippen LogP) is 1.07. The number of nitrogens with zero attached hydrogens (tertiary/aromatic N) is 4. The molecule has 4 aromatic rings. The molecule has 2 aromatic carbocycles. The van der Waals surface area contributed by atoms with E-state index in [4.69, 9.17) is 10.6 Å². The Labute approximate surface area is 472 Å². The molecule has 5 rings (SSSR count). The van der Waals surface area contributed by atoms with Gasteiger partial charge >= 0.3 is 5.97 Å². The molecule has 3 heterocycles. The number of rotatable bonds is 29. The van der Waals surface area contributed by atoms with Gasteiger partial charge in [-0.25, -0.2) is 13.6 Å². The normalized spacial score (nSPS) is 15.0. The molecule has 26 heteroatoms. The summed E-state index contributed by atoms with van der Waals surface area (Å²) in [6, 6.07) is 10.2.